The van der Waals surface area contributed by atoms with Gasteiger partial charge in [0.05, 0.1) is 0 Å². The van der Waals surface area contributed by atoms with Gasteiger partial charge in [-0.2, -0.15) is 0 Å². The lowest BCUT2D eigenvalue weighted by Crippen LogP contribution is -2.32. The summed E-state index contributed by atoms with van der Waals surface area (Å²) in [6.45, 7) is 3.52. The summed E-state index contributed by atoms with van der Waals surface area (Å²) in [5.74, 6) is -2.53. The lowest BCUT2D eigenvalue weighted by Gasteiger charge is -2.23. The maximum absolute atomic E-state index is 13.7. The van der Waals surface area contributed by atoms with Crippen LogP contribution in [0.4, 0.5) is 13.2 Å². The van der Waals surface area contributed by atoms with E-state index >= 15 is 0 Å². The molecule has 2 rings (SSSR count). The summed E-state index contributed by atoms with van der Waals surface area (Å²) in [6.07, 6.45) is 0. The molecule has 2 aromatic carbocycles. The topological polar surface area (TPSA) is 46.2 Å². The number of benzene rings is 2. The molecule has 0 heterocycles. The highest BCUT2D eigenvalue weighted by Crippen LogP contribution is 2.25. The standard InChI is InChI=1S/C16H16F3NO2S/c1-10(2)16(11-3-5-12(17)6-4-11)20-23(21,22)15-9-13(18)7-8-14(15)19/h3-10,16,20H,1-2H3. The van der Waals surface area contributed by atoms with Crippen LogP contribution in [-0.4, -0.2) is 8.42 Å². The van der Waals surface area contributed by atoms with Crippen LogP contribution in [0, 0.1) is 23.4 Å². The van der Waals surface area contributed by atoms with Crippen molar-refractivity contribution in [1.29, 1.82) is 0 Å². The van der Waals surface area contributed by atoms with Gasteiger partial charge < -0.3 is 0 Å². The summed E-state index contributed by atoms with van der Waals surface area (Å²) in [4.78, 5) is -0.759. The highest BCUT2D eigenvalue weighted by molar-refractivity contribution is 7.89. The average molecular weight is 343 g/mol. The van der Waals surface area contributed by atoms with Crippen LogP contribution >= 0.6 is 0 Å². The Labute approximate surface area is 133 Å². The SMILES string of the molecule is CC(C)C(NS(=O)(=O)c1cc(F)ccc1F)c1ccc(F)cc1. The Balaban J connectivity index is 2.39. The van der Waals surface area contributed by atoms with Crippen molar-refractivity contribution in [2.75, 3.05) is 0 Å². The lowest BCUT2D eigenvalue weighted by molar-refractivity contribution is 0.459. The maximum Gasteiger partial charge on any atom is 0.244 e. The van der Waals surface area contributed by atoms with Crippen LogP contribution in [0.5, 0.6) is 0 Å². The van der Waals surface area contributed by atoms with Gasteiger partial charge in [0.1, 0.15) is 22.3 Å². The molecule has 1 unspecified atom stereocenters. The molecule has 23 heavy (non-hydrogen) atoms. The molecule has 3 nitrogen and oxygen atoms in total. The number of nitrogens with one attached hydrogen (secondary N) is 1. The predicted molar refractivity (Wildman–Crippen MR) is 80.7 cm³/mol. The number of rotatable bonds is 5. The van der Waals surface area contributed by atoms with Crippen molar-refractivity contribution < 1.29 is 21.6 Å². The summed E-state index contributed by atoms with van der Waals surface area (Å²) in [6, 6.07) is 6.83. The molecular formula is C16H16F3NO2S. The van der Waals surface area contributed by atoms with Gasteiger partial charge in [-0.3, -0.25) is 0 Å². The smallest absolute Gasteiger partial charge is 0.207 e. The van der Waals surface area contributed by atoms with E-state index in [-0.39, 0.29) is 5.92 Å². The quantitative estimate of drug-likeness (QED) is 0.898. The van der Waals surface area contributed by atoms with E-state index in [1.165, 1.54) is 24.3 Å². The molecule has 0 aliphatic rings. The minimum Gasteiger partial charge on any atom is -0.207 e. The van der Waals surface area contributed by atoms with Gasteiger partial charge in [-0.15, -0.1) is 0 Å². The first-order valence-corrected chi connectivity index (χ1v) is 8.42. The highest BCUT2D eigenvalue weighted by Gasteiger charge is 2.26. The minimum absolute atomic E-state index is 0.188. The molecule has 0 aliphatic heterocycles. The third kappa shape index (κ3) is 4.11. The van der Waals surface area contributed by atoms with Gasteiger partial charge in [0.2, 0.25) is 10.0 Å². The molecule has 2 aromatic rings. The number of sulfonamides is 1. The Hall–Kier alpha value is -1.86. The second-order valence-electron chi connectivity index (χ2n) is 5.47. The van der Waals surface area contributed by atoms with Crippen molar-refractivity contribution in [1.82, 2.24) is 4.72 Å². The lowest BCUT2D eigenvalue weighted by atomic mass is 9.97. The van der Waals surface area contributed by atoms with Gasteiger partial charge >= 0.3 is 0 Å². The van der Waals surface area contributed by atoms with E-state index in [0.717, 1.165) is 12.1 Å². The molecule has 0 saturated heterocycles. The Morgan fingerprint density at radius 3 is 2.04 bits per heavy atom. The molecule has 0 radical (unpaired) electrons. The first-order chi connectivity index (χ1) is 10.7. The Morgan fingerprint density at radius 2 is 1.48 bits per heavy atom. The molecule has 124 valence electrons. The molecule has 0 aliphatic carbocycles. The van der Waals surface area contributed by atoms with Crippen LogP contribution in [0.1, 0.15) is 25.5 Å². The molecule has 7 heteroatoms. The fourth-order valence-corrected chi connectivity index (χ4v) is 3.63. The molecule has 1 N–H and O–H groups in total. The number of hydrogen-bond acceptors (Lipinski definition) is 2. The second kappa shape index (κ2) is 6.72. The average Bonchev–Trinajstić information content (AvgIpc) is 2.48. The van der Waals surface area contributed by atoms with E-state index in [1.54, 1.807) is 13.8 Å². The van der Waals surface area contributed by atoms with E-state index in [9.17, 15) is 21.6 Å². The zero-order valence-electron chi connectivity index (χ0n) is 12.6. The fourth-order valence-electron chi connectivity index (χ4n) is 2.17. The second-order valence-corrected chi connectivity index (χ2v) is 7.15. The van der Waals surface area contributed by atoms with Gasteiger partial charge in [-0.1, -0.05) is 26.0 Å². The van der Waals surface area contributed by atoms with Gasteiger partial charge in [0.25, 0.3) is 0 Å². The summed E-state index contributed by atoms with van der Waals surface area (Å²) in [7, 11) is -4.27. The molecule has 0 spiro atoms. The summed E-state index contributed by atoms with van der Waals surface area (Å²) < 4.78 is 67.1. The van der Waals surface area contributed by atoms with E-state index in [0.29, 0.717) is 11.6 Å². The molecule has 0 saturated carbocycles. The largest absolute Gasteiger partial charge is 0.244 e. The monoisotopic (exact) mass is 343 g/mol. The molecule has 0 fully saturated rings. The van der Waals surface area contributed by atoms with Crippen LogP contribution in [-0.2, 0) is 10.0 Å². The fraction of sp³-hybridized carbons (Fsp3) is 0.250. The van der Waals surface area contributed by atoms with Crippen molar-refractivity contribution >= 4 is 10.0 Å². The van der Waals surface area contributed by atoms with Crippen molar-refractivity contribution in [3.63, 3.8) is 0 Å². The van der Waals surface area contributed by atoms with E-state index < -0.39 is 38.4 Å². The first-order valence-electron chi connectivity index (χ1n) is 6.93. The molecular weight excluding hydrogens is 327 g/mol. The van der Waals surface area contributed by atoms with Crippen molar-refractivity contribution in [3.05, 3.63) is 65.5 Å². The summed E-state index contributed by atoms with van der Waals surface area (Å²) >= 11 is 0. The zero-order valence-corrected chi connectivity index (χ0v) is 13.4. The van der Waals surface area contributed by atoms with Crippen molar-refractivity contribution in [2.24, 2.45) is 5.92 Å². The summed E-state index contributed by atoms with van der Waals surface area (Å²) in [5.41, 5.74) is 0.529. The zero-order chi connectivity index (χ0) is 17.2. The number of hydrogen-bond donors (Lipinski definition) is 1. The third-order valence-corrected chi connectivity index (χ3v) is 4.82. The first kappa shape index (κ1) is 17.5. The molecule has 1 atom stereocenters. The predicted octanol–water partition coefficient (Wildman–Crippen LogP) is 3.78. The Bertz CT molecular complexity index is 789. The summed E-state index contributed by atoms with van der Waals surface area (Å²) in [5, 5.41) is 0. The third-order valence-electron chi connectivity index (χ3n) is 3.36. The molecule has 0 amide bonds. The highest BCUT2D eigenvalue weighted by atomic mass is 32.2. The maximum atomic E-state index is 13.7. The van der Waals surface area contributed by atoms with Crippen LogP contribution in [0.2, 0.25) is 0 Å². The van der Waals surface area contributed by atoms with E-state index in [2.05, 4.69) is 4.72 Å². The van der Waals surface area contributed by atoms with E-state index in [1.807, 2.05) is 0 Å². The van der Waals surface area contributed by atoms with Crippen LogP contribution < -0.4 is 4.72 Å². The van der Waals surface area contributed by atoms with Crippen LogP contribution in [0.3, 0.4) is 0 Å². The normalized spacial score (nSPS) is 13.3. The Kier molecular flexibility index (Phi) is 5.11. The van der Waals surface area contributed by atoms with Gasteiger partial charge in [-0.05, 0) is 41.8 Å². The van der Waals surface area contributed by atoms with E-state index in [4.69, 9.17) is 0 Å². The molecule has 0 bridgehead atoms. The van der Waals surface area contributed by atoms with Crippen LogP contribution in [0.15, 0.2) is 47.4 Å². The van der Waals surface area contributed by atoms with Crippen molar-refractivity contribution in [2.45, 2.75) is 24.8 Å². The Morgan fingerprint density at radius 1 is 0.913 bits per heavy atom. The number of halogens is 3. The van der Waals surface area contributed by atoms with Gasteiger partial charge in [0.15, 0.2) is 0 Å². The minimum atomic E-state index is -4.27. The molecule has 0 aromatic heterocycles. The van der Waals surface area contributed by atoms with Crippen LogP contribution in [0.25, 0.3) is 0 Å². The van der Waals surface area contributed by atoms with Gasteiger partial charge in [0, 0.05) is 6.04 Å². The van der Waals surface area contributed by atoms with Crippen molar-refractivity contribution in [3.8, 4) is 0 Å². The van der Waals surface area contributed by atoms with Gasteiger partial charge in [-0.25, -0.2) is 26.3 Å².